The number of carbonyl (C=O) groups excluding carboxylic acids is 1. The third-order valence-corrected chi connectivity index (χ3v) is 4.30. The van der Waals surface area contributed by atoms with E-state index in [0.29, 0.717) is 18.2 Å². The third kappa shape index (κ3) is 4.73. The highest BCUT2D eigenvalue weighted by Crippen LogP contribution is 2.16. The van der Waals surface area contributed by atoms with Gasteiger partial charge in [0.1, 0.15) is 12.4 Å². The lowest BCUT2D eigenvalue weighted by Gasteiger charge is -2.11. The summed E-state index contributed by atoms with van der Waals surface area (Å²) in [6.07, 6.45) is 1.98. The quantitative estimate of drug-likeness (QED) is 0.845. The van der Waals surface area contributed by atoms with Crippen LogP contribution in [0.5, 0.6) is 5.75 Å². The van der Waals surface area contributed by atoms with Gasteiger partial charge < -0.3 is 15.4 Å². The van der Waals surface area contributed by atoms with Gasteiger partial charge in [0.25, 0.3) is 0 Å². The first-order valence-corrected chi connectivity index (χ1v) is 8.56. The van der Waals surface area contributed by atoms with E-state index in [2.05, 4.69) is 10.6 Å². The molecule has 0 saturated carbocycles. The van der Waals surface area contributed by atoms with Crippen LogP contribution in [-0.2, 0) is 17.9 Å². The fraction of sp³-hybridized carbons (Fsp3) is 0.316. The Morgan fingerprint density at radius 2 is 2.04 bits per heavy atom. The van der Waals surface area contributed by atoms with E-state index in [1.54, 1.807) is 0 Å². The van der Waals surface area contributed by atoms with Gasteiger partial charge >= 0.3 is 0 Å². The van der Waals surface area contributed by atoms with Crippen LogP contribution in [0.3, 0.4) is 0 Å². The van der Waals surface area contributed by atoms with Gasteiger partial charge in [0.05, 0.1) is 6.04 Å². The van der Waals surface area contributed by atoms with Gasteiger partial charge in [-0.2, -0.15) is 0 Å². The summed E-state index contributed by atoms with van der Waals surface area (Å²) in [5.74, 6) is 0.872. The Morgan fingerprint density at radius 3 is 2.75 bits per heavy atom. The number of halogens is 1. The molecular formula is C19H21ClN2O2. The molecule has 5 heteroatoms. The van der Waals surface area contributed by atoms with E-state index >= 15 is 0 Å². The van der Waals surface area contributed by atoms with Crippen molar-refractivity contribution in [1.82, 2.24) is 10.6 Å². The Bertz CT molecular complexity index is 682. The summed E-state index contributed by atoms with van der Waals surface area (Å²) >= 11 is 5.96. The number of rotatable bonds is 6. The number of carbonyl (C=O) groups is 1. The van der Waals surface area contributed by atoms with Crippen molar-refractivity contribution in [2.24, 2.45) is 0 Å². The zero-order chi connectivity index (χ0) is 16.8. The van der Waals surface area contributed by atoms with Crippen LogP contribution in [0.25, 0.3) is 0 Å². The van der Waals surface area contributed by atoms with Crippen molar-refractivity contribution in [3.05, 3.63) is 64.7 Å². The Hall–Kier alpha value is -2.04. The first-order valence-electron chi connectivity index (χ1n) is 8.18. The second-order valence-corrected chi connectivity index (χ2v) is 6.37. The third-order valence-electron chi connectivity index (χ3n) is 4.06. The summed E-state index contributed by atoms with van der Waals surface area (Å²) in [4.78, 5) is 12.0. The molecule has 1 aliphatic rings. The van der Waals surface area contributed by atoms with Crippen LogP contribution in [-0.4, -0.2) is 18.5 Å². The van der Waals surface area contributed by atoms with E-state index < -0.39 is 0 Å². The van der Waals surface area contributed by atoms with Gasteiger partial charge in [-0.3, -0.25) is 4.79 Å². The van der Waals surface area contributed by atoms with Crippen molar-refractivity contribution in [2.75, 3.05) is 6.54 Å². The first-order chi connectivity index (χ1) is 11.7. The summed E-state index contributed by atoms with van der Waals surface area (Å²) in [5, 5.41) is 6.87. The van der Waals surface area contributed by atoms with E-state index in [0.717, 1.165) is 36.3 Å². The fourth-order valence-corrected chi connectivity index (χ4v) is 2.93. The minimum atomic E-state index is -0.0368. The highest BCUT2D eigenvalue weighted by Gasteiger charge is 2.21. The molecule has 1 fully saturated rings. The molecule has 1 atom stereocenters. The molecular weight excluding hydrogens is 324 g/mol. The molecule has 126 valence electrons. The lowest BCUT2D eigenvalue weighted by molar-refractivity contribution is -0.122. The largest absolute Gasteiger partial charge is 0.489 e. The van der Waals surface area contributed by atoms with Crippen LogP contribution in [0.2, 0.25) is 5.02 Å². The lowest BCUT2D eigenvalue weighted by atomic mass is 10.2. The van der Waals surface area contributed by atoms with Gasteiger partial charge in [0, 0.05) is 11.6 Å². The SMILES string of the molecule is O=C(NCc1ccc(OCc2cccc(Cl)c2)cc1)[C@@H]1CCCN1. The number of hydrogen-bond donors (Lipinski definition) is 2. The summed E-state index contributed by atoms with van der Waals surface area (Å²) in [6, 6.07) is 15.4. The molecule has 0 aromatic heterocycles. The van der Waals surface area contributed by atoms with E-state index in [1.165, 1.54) is 0 Å². The molecule has 1 aliphatic heterocycles. The lowest BCUT2D eigenvalue weighted by Crippen LogP contribution is -2.39. The molecule has 2 aromatic rings. The summed E-state index contributed by atoms with van der Waals surface area (Å²) in [5.41, 5.74) is 2.08. The van der Waals surface area contributed by atoms with Crippen LogP contribution < -0.4 is 15.4 Å². The molecule has 2 N–H and O–H groups in total. The molecule has 0 aliphatic carbocycles. The second-order valence-electron chi connectivity index (χ2n) is 5.93. The monoisotopic (exact) mass is 344 g/mol. The highest BCUT2D eigenvalue weighted by molar-refractivity contribution is 6.30. The van der Waals surface area contributed by atoms with Gasteiger partial charge in [0.2, 0.25) is 5.91 Å². The molecule has 0 spiro atoms. The van der Waals surface area contributed by atoms with Gasteiger partial charge in [0.15, 0.2) is 0 Å². The second kappa shape index (κ2) is 8.18. The average Bonchev–Trinajstić information content (AvgIpc) is 3.13. The molecule has 1 amide bonds. The smallest absolute Gasteiger partial charge is 0.237 e. The Morgan fingerprint density at radius 1 is 1.21 bits per heavy atom. The predicted octanol–water partition coefficient (Wildman–Crippen LogP) is 3.29. The van der Waals surface area contributed by atoms with Crippen molar-refractivity contribution in [3.8, 4) is 5.75 Å². The number of amides is 1. The molecule has 0 radical (unpaired) electrons. The van der Waals surface area contributed by atoms with Gasteiger partial charge in [-0.15, -0.1) is 0 Å². The molecule has 1 heterocycles. The van der Waals surface area contributed by atoms with Crippen LogP contribution >= 0.6 is 11.6 Å². The molecule has 0 bridgehead atoms. The van der Waals surface area contributed by atoms with Crippen molar-refractivity contribution < 1.29 is 9.53 Å². The van der Waals surface area contributed by atoms with Gasteiger partial charge in [-0.25, -0.2) is 0 Å². The highest BCUT2D eigenvalue weighted by atomic mass is 35.5. The fourth-order valence-electron chi connectivity index (χ4n) is 2.72. The maximum atomic E-state index is 12.0. The standard InChI is InChI=1S/C19H21ClN2O2/c20-16-4-1-3-15(11-16)13-24-17-8-6-14(7-9-17)12-22-19(23)18-5-2-10-21-18/h1,3-4,6-9,11,18,21H,2,5,10,12-13H2,(H,22,23)/t18-/m0/s1. The molecule has 4 nitrogen and oxygen atoms in total. The van der Waals surface area contributed by atoms with E-state index in [-0.39, 0.29) is 11.9 Å². The number of hydrogen-bond acceptors (Lipinski definition) is 3. The maximum absolute atomic E-state index is 12.0. The minimum Gasteiger partial charge on any atom is -0.489 e. The summed E-state index contributed by atoms with van der Waals surface area (Å²) in [6.45, 7) is 1.94. The maximum Gasteiger partial charge on any atom is 0.237 e. The zero-order valence-corrected chi connectivity index (χ0v) is 14.2. The topological polar surface area (TPSA) is 50.4 Å². The molecule has 3 rings (SSSR count). The van der Waals surface area contributed by atoms with Gasteiger partial charge in [-0.1, -0.05) is 35.9 Å². The van der Waals surface area contributed by atoms with Crippen LogP contribution in [0.4, 0.5) is 0 Å². The average molecular weight is 345 g/mol. The Labute approximate surface area is 147 Å². The molecule has 1 saturated heterocycles. The Kier molecular flexibility index (Phi) is 5.72. The predicted molar refractivity (Wildman–Crippen MR) is 95.1 cm³/mol. The van der Waals surface area contributed by atoms with Crippen LogP contribution in [0.15, 0.2) is 48.5 Å². The molecule has 0 unspecified atom stereocenters. The minimum absolute atomic E-state index is 0.0368. The Balaban J connectivity index is 1.47. The van der Waals surface area contributed by atoms with Crippen molar-refractivity contribution in [2.45, 2.75) is 32.0 Å². The normalized spacial score (nSPS) is 16.8. The number of benzene rings is 2. The van der Waals surface area contributed by atoms with Gasteiger partial charge in [-0.05, 0) is 54.8 Å². The zero-order valence-electron chi connectivity index (χ0n) is 13.4. The number of ether oxygens (including phenoxy) is 1. The van der Waals surface area contributed by atoms with Crippen LogP contribution in [0.1, 0.15) is 24.0 Å². The molecule has 2 aromatic carbocycles. The van der Waals surface area contributed by atoms with E-state index in [9.17, 15) is 4.79 Å². The van der Waals surface area contributed by atoms with E-state index in [1.807, 2.05) is 48.5 Å². The van der Waals surface area contributed by atoms with Crippen molar-refractivity contribution in [1.29, 1.82) is 0 Å². The molecule has 24 heavy (non-hydrogen) atoms. The van der Waals surface area contributed by atoms with Crippen LogP contribution in [0, 0.1) is 0 Å². The van der Waals surface area contributed by atoms with Crippen molar-refractivity contribution in [3.63, 3.8) is 0 Å². The summed E-state index contributed by atoms with van der Waals surface area (Å²) in [7, 11) is 0. The summed E-state index contributed by atoms with van der Waals surface area (Å²) < 4.78 is 5.75. The number of nitrogens with one attached hydrogen (secondary N) is 2. The van der Waals surface area contributed by atoms with Crippen molar-refractivity contribution >= 4 is 17.5 Å². The van der Waals surface area contributed by atoms with E-state index in [4.69, 9.17) is 16.3 Å². The first kappa shape index (κ1) is 16.8.